The number of carbonyl (C=O) groups is 3. The molecular weight excluding hydrogens is 696 g/mol. The van der Waals surface area contributed by atoms with Gasteiger partial charge >= 0.3 is 12.4 Å². The Balaban J connectivity index is 1.52. The lowest BCUT2D eigenvalue weighted by Gasteiger charge is -2.43. The molecular formula is C38H28ClF6N3O3. The highest BCUT2D eigenvalue weighted by Gasteiger charge is 2.49. The number of benzene rings is 4. The summed E-state index contributed by atoms with van der Waals surface area (Å²) in [4.78, 5) is 47.2. The van der Waals surface area contributed by atoms with Gasteiger partial charge < -0.3 is 10.6 Å². The van der Waals surface area contributed by atoms with E-state index in [0.29, 0.717) is 21.5 Å². The number of ketones is 2. The van der Waals surface area contributed by atoms with E-state index >= 15 is 0 Å². The summed E-state index contributed by atoms with van der Waals surface area (Å²) in [6.45, 7) is -0.310. The molecule has 5 aromatic rings. The van der Waals surface area contributed by atoms with Crippen molar-refractivity contribution in [2.24, 2.45) is 11.8 Å². The fourth-order valence-electron chi connectivity index (χ4n) is 6.69. The molecule has 6 rings (SSSR count). The van der Waals surface area contributed by atoms with E-state index in [-0.39, 0.29) is 18.5 Å². The van der Waals surface area contributed by atoms with Crippen LogP contribution in [0.25, 0.3) is 10.9 Å². The van der Waals surface area contributed by atoms with Crippen molar-refractivity contribution in [2.75, 3.05) is 6.54 Å². The lowest BCUT2D eigenvalue weighted by atomic mass is 9.71. The smallest absolute Gasteiger partial charge is 0.348 e. The van der Waals surface area contributed by atoms with Gasteiger partial charge in [-0.05, 0) is 48.4 Å². The highest BCUT2D eigenvalue weighted by atomic mass is 35.5. The zero-order chi connectivity index (χ0) is 36.5. The molecule has 51 heavy (non-hydrogen) atoms. The minimum atomic E-state index is -4.95. The molecule has 0 bridgehead atoms. The molecule has 1 aliphatic heterocycles. The van der Waals surface area contributed by atoms with E-state index in [1.807, 2.05) is 0 Å². The van der Waals surface area contributed by atoms with Crippen LogP contribution in [0.1, 0.15) is 47.8 Å². The van der Waals surface area contributed by atoms with Crippen molar-refractivity contribution in [1.29, 1.82) is 0 Å². The van der Waals surface area contributed by atoms with Gasteiger partial charge in [0.2, 0.25) is 0 Å². The zero-order valence-corrected chi connectivity index (χ0v) is 27.2. The number of para-hydroxylation sites is 1. The second kappa shape index (κ2) is 14.3. The molecule has 0 aliphatic carbocycles. The number of hydrogen-bond donors (Lipinski definition) is 2. The molecule has 2 heterocycles. The summed E-state index contributed by atoms with van der Waals surface area (Å²) in [7, 11) is 0. The standard InChI is InChI=1S/C38H28ClF6N3O3/c39-22-15-13-21(14-16-22)19-31-32(35(50)26-9-2-5-11-29(26)38(43,44)45)33(48-36(51)24-17-18-46-30-12-6-3-7-23(24)30)27(20-47-31)34(49)25-8-1-4-10-28(25)37(40,41)42/h1-18,27,31-33,47H,19-20H2,(H,48,51). The monoisotopic (exact) mass is 723 g/mol. The quantitative estimate of drug-likeness (QED) is 0.124. The van der Waals surface area contributed by atoms with E-state index in [9.17, 15) is 40.7 Å². The molecule has 262 valence electrons. The van der Waals surface area contributed by atoms with Crippen LogP contribution in [0.3, 0.4) is 0 Å². The highest BCUT2D eigenvalue weighted by molar-refractivity contribution is 6.30. The van der Waals surface area contributed by atoms with E-state index in [4.69, 9.17) is 11.6 Å². The predicted molar refractivity (Wildman–Crippen MR) is 178 cm³/mol. The Bertz CT molecular complexity index is 2100. The number of hydrogen-bond acceptors (Lipinski definition) is 5. The number of carbonyl (C=O) groups excluding carboxylic acids is 3. The number of piperidine rings is 1. The summed E-state index contributed by atoms with van der Waals surface area (Å²) in [5, 5.41) is 6.62. The fraction of sp³-hybridized carbons (Fsp3) is 0.211. The summed E-state index contributed by atoms with van der Waals surface area (Å²) >= 11 is 6.07. The maximum absolute atomic E-state index is 14.6. The number of nitrogens with one attached hydrogen (secondary N) is 2. The Morgan fingerprint density at radius 1 is 0.725 bits per heavy atom. The molecule has 4 atom stereocenters. The van der Waals surface area contributed by atoms with Crippen molar-refractivity contribution in [1.82, 2.24) is 15.6 Å². The van der Waals surface area contributed by atoms with Crippen LogP contribution in [-0.4, -0.2) is 41.1 Å². The van der Waals surface area contributed by atoms with Gasteiger partial charge in [0.15, 0.2) is 11.6 Å². The number of alkyl halides is 6. The van der Waals surface area contributed by atoms with Crippen LogP contribution in [0.5, 0.6) is 0 Å². The van der Waals surface area contributed by atoms with Crippen molar-refractivity contribution in [2.45, 2.75) is 30.9 Å². The third-order valence-corrected chi connectivity index (χ3v) is 9.30. The van der Waals surface area contributed by atoms with Gasteiger partial charge in [0.1, 0.15) is 0 Å². The maximum Gasteiger partial charge on any atom is 0.417 e. The molecule has 1 aromatic heterocycles. The Hall–Kier alpha value is -5.07. The Labute approximate surface area is 292 Å². The molecule has 1 saturated heterocycles. The van der Waals surface area contributed by atoms with Crippen molar-refractivity contribution in [3.05, 3.63) is 148 Å². The number of rotatable bonds is 8. The summed E-state index contributed by atoms with van der Waals surface area (Å²) in [6.07, 6.45) is -8.48. The molecule has 0 radical (unpaired) electrons. The van der Waals surface area contributed by atoms with Gasteiger partial charge in [-0.2, -0.15) is 26.3 Å². The summed E-state index contributed by atoms with van der Waals surface area (Å²) in [5.41, 5.74) is -2.74. The lowest BCUT2D eigenvalue weighted by molar-refractivity contribution is -0.138. The Morgan fingerprint density at radius 3 is 1.92 bits per heavy atom. The van der Waals surface area contributed by atoms with Crippen LogP contribution in [0.2, 0.25) is 5.02 Å². The van der Waals surface area contributed by atoms with Crippen LogP contribution in [-0.2, 0) is 18.8 Å². The first kappa shape index (κ1) is 35.7. The van der Waals surface area contributed by atoms with E-state index < -0.39 is 76.0 Å². The van der Waals surface area contributed by atoms with Crippen LogP contribution in [0.15, 0.2) is 109 Å². The molecule has 6 nitrogen and oxygen atoms in total. The first-order valence-electron chi connectivity index (χ1n) is 15.8. The molecule has 2 N–H and O–H groups in total. The van der Waals surface area contributed by atoms with E-state index in [2.05, 4.69) is 15.6 Å². The van der Waals surface area contributed by atoms with E-state index in [1.54, 1.807) is 48.5 Å². The average molecular weight is 724 g/mol. The van der Waals surface area contributed by atoms with Crippen LogP contribution in [0, 0.1) is 11.8 Å². The first-order valence-corrected chi connectivity index (χ1v) is 16.1. The molecule has 1 fully saturated rings. The second-order valence-electron chi connectivity index (χ2n) is 12.2. The number of amides is 1. The average Bonchev–Trinajstić information content (AvgIpc) is 3.11. The normalized spacial score (nSPS) is 19.4. The Morgan fingerprint density at radius 2 is 1.29 bits per heavy atom. The SMILES string of the molecule is O=C(NC1C(C(=O)c2ccccc2C(F)(F)F)CNC(Cc2ccc(Cl)cc2)C1C(=O)c1ccccc1C(F)(F)F)c1ccnc2ccccc12. The van der Waals surface area contributed by atoms with Crippen molar-refractivity contribution >= 4 is 40.0 Å². The number of fused-ring (bicyclic) bond motifs is 1. The lowest BCUT2D eigenvalue weighted by Crippen LogP contribution is -2.64. The van der Waals surface area contributed by atoms with Gasteiger partial charge in [0.05, 0.1) is 40.1 Å². The summed E-state index contributed by atoms with van der Waals surface area (Å²) < 4.78 is 85.4. The third-order valence-electron chi connectivity index (χ3n) is 9.05. The van der Waals surface area contributed by atoms with E-state index in [0.717, 1.165) is 36.4 Å². The van der Waals surface area contributed by atoms with Crippen molar-refractivity contribution in [3.63, 3.8) is 0 Å². The molecule has 4 aromatic carbocycles. The molecule has 1 aliphatic rings. The van der Waals surface area contributed by atoms with Gasteiger partial charge in [-0.25, -0.2) is 0 Å². The van der Waals surface area contributed by atoms with Gasteiger partial charge in [-0.3, -0.25) is 19.4 Å². The maximum atomic E-state index is 14.6. The Kier molecular flexibility index (Phi) is 10.0. The summed E-state index contributed by atoms with van der Waals surface area (Å²) in [6, 6.07) is 20.2. The number of nitrogens with zero attached hydrogens (tertiary/aromatic N) is 1. The largest absolute Gasteiger partial charge is 0.417 e. The van der Waals surface area contributed by atoms with Gasteiger partial charge in [-0.1, -0.05) is 78.3 Å². The van der Waals surface area contributed by atoms with Gasteiger partial charge in [0, 0.05) is 40.3 Å². The van der Waals surface area contributed by atoms with Crippen LogP contribution in [0.4, 0.5) is 26.3 Å². The zero-order valence-electron chi connectivity index (χ0n) is 26.4. The van der Waals surface area contributed by atoms with Gasteiger partial charge in [-0.15, -0.1) is 0 Å². The molecule has 0 spiro atoms. The number of pyridine rings is 1. The topological polar surface area (TPSA) is 88.2 Å². The van der Waals surface area contributed by atoms with Gasteiger partial charge in [0.25, 0.3) is 5.91 Å². The summed E-state index contributed by atoms with van der Waals surface area (Å²) in [5.74, 6) is -5.98. The number of halogens is 7. The van der Waals surface area contributed by atoms with Crippen LogP contribution < -0.4 is 10.6 Å². The molecule has 13 heteroatoms. The highest BCUT2D eigenvalue weighted by Crippen LogP contribution is 2.38. The fourth-order valence-corrected chi connectivity index (χ4v) is 6.82. The van der Waals surface area contributed by atoms with Crippen LogP contribution >= 0.6 is 11.6 Å². The third kappa shape index (κ3) is 7.52. The van der Waals surface area contributed by atoms with E-state index in [1.165, 1.54) is 24.4 Å². The minimum absolute atomic E-state index is 0.0341. The first-order chi connectivity index (χ1) is 24.2. The van der Waals surface area contributed by atoms with Crippen molar-refractivity contribution in [3.8, 4) is 0 Å². The minimum Gasteiger partial charge on any atom is -0.348 e. The molecule has 1 amide bonds. The number of Topliss-reactive ketones (excluding diaryl/α,β-unsaturated/α-hetero) is 2. The second-order valence-corrected chi connectivity index (χ2v) is 12.6. The predicted octanol–water partition coefficient (Wildman–Crippen LogP) is 8.24. The number of aromatic nitrogens is 1. The van der Waals surface area contributed by atoms with Crippen molar-refractivity contribution < 1.29 is 40.7 Å². The molecule has 4 unspecified atom stereocenters. The molecule has 0 saturated carbocycles.